The van der Waals surface area contributed by atoms with Crippen molar-refractivity contribution in [2.75, 3.05) is 12.1 Å². The molecule has 30 heavy (non-hydrogen) atoms. The van der Waals surface area contributed by atoms with Crippen molar-refractivity contribution in [2.45, 2.75) is 27.7 Å². The van der Waals surface area contributed by atoms with Crippen LogP contribution in [0, 0.1) is 13.8 Å². The van der Waals surface area contributed by atoms with E-state index < -0.39 is 0 Å². The Balaban J connectivity index is 1.96. The van der Waals surface area contributed by atoms with Gasteiger partial charge in [0.05, 0.1) is 11.4 Å². The van der Waals surface area contributed by atoms with E-state index in [1.807, 2.05) is 38.1 Å². The summed E-state index contributed by atoms with van der Waals surface area (Å²) in [4.78, 5) is 29.7. The second-order valence-electron chi connectivity index (χ2n) is 7.05. The SMILES string of the molecule is CC(=O)Nc1sc(=Nc2ccc(C)c(C)c2)n(C(C)=O)c1-c1ccc2c(c1)OCO2. The highest BCUT2D eigenvalue weighted by atomic mass is 32.1. The van der Waals surface area contributed by atoms with Gasteiger partial charge in [-0.3, -0.25) is 14.2 Å². The highest BCUT2D eigenvalue weighted by Gasteiger charge is 2.22. The van der Waals surface area contributed by atoms with Gasteiger partial charge in [-0.1, -0.05) is 17.4 Å². The van der Waals surface area contributed by atoms with Gasteiger partial charge in [0.15, 0.2) is 16.3 Å². The third kappa shape index (κ3) is 3.73. The maximum absolute atomic E-state index is 12.6. The number of anilines is 1. The molecule has 0 spiro atoms. The summed E-state index contributed by atoms with van der Waals surface area (Å²) in [6, 6.07) is 11.3. The van der Waals surface area contributed by atoms with Gasteiger partial charge in [0.2, 0.25) is 18.6 Å². The number of nitrogens with one attached hydrogen (secondary N) is 1. The van der Waals surface area contributed by atoms with Crippen molar-refractivity contribution in [3.8, 4) is 22.8 Å². The molecule has 1 N–H and O–H groups in total. The van der Waals surface area contributed by atoms with E-state index in [1.54, 1.807) is 12.1 Å². The molecule has 1 aliphatic heterocycles. The second-order valence-corrected chi connectivity index (χ2v) is 8.02. The van der Waals surface area contributed by atoms with E-state index in [0.29, 0.717) is 27.0 Å². The molecule has 3 aromatic rings. The number of aryl methyl sites for hydroxylation is 2. The van der Waals surface area contributed by atoms with E-state index in [2.05, 4.69) is 5.32 Å². The zero-order chi connectivity index (χ0) is 21.4. The average Bonchev–Trinajstić information content (AvgIpc) is 3.28. The quantitative estimate of drug-likeness (QED) is 0.676. The van der Waals surface area contributed by atoms with Crippen molar-refractivity contribution in [1.29, 1.82) is 0 Å². The minimum absolute atomic E-state index is 0.154. The Labute approximate surface area is 177 Å². The molecular formula is C22H21N3O4S. The standard InChI is InChI=1S/C22H21N3O4S/c1-12-5-7-17(9-13(12)2)24-22-25(15(4)27)20(21(30-22)23-14(3)26)16-6-8-18-19(10-16)29-11-28-18/h5-10H,11H2,1-4H3,(H,23,26). The van der Waals surface area contributed by atoms with Crippen LogP contribution in [0.25, 0.3) is 11.3 Å². The summed E-state index contributed by atoms with van der Waals surface area (Å²) >= 11 is 1.25. The lowest BCUT2D eigenvalue weighted by molar-refractivity contribution is -0.114. The number of fused-ring (bicyclic) bond motifs is 1. The van der Waals surface area contributed by atoms with Crippen molar-refractivity contribution in [3.05, 3.63) is 52.3 Å². The number of aromatic nitrogens is 1. The fourth-order valence-electron chi connectivity index (χ4n) is 3.20. The number of rotatable bonds is 3. The number of amides is 1. The third-order valence-corrected chi connectivity index (χ3v) is 5.74. The predicted molar refractivity (Wildman–Crippen MR) is 116 cm³/mol. The first-order valence-electron chi connectivity index (χ1n) is 9.40. The van der Waals surface area contributed by atoms with Crippen LogP contribution >= 0.6 is 11.3 Å². The summed E-state index contributed by atoms with van der Waals surface area (Å²) < 4.78 is 12.4. The molecule has 0 unspecified atom stereocenters. The highest BCUT2D eigenvalue weighted by Crippen LogP contribution is 2.39. The Kier molecular flexibility index (Phi) is 5.17. The molecule has 8 heteroatoms. The lowest BCUT2D eigenvalue weighted by atomic mass is 10.1. The molecule has 4 rings (SSSR count). The first-order valence-corrected chi connectivity index (χ1v) is 10.2. The largest absolute Gasteiger partial charge is 0.454 e. The minimum Gasteiger partial charge on any atom is -0.454 e. The zero-order valence-electron chi connectivity index (χ0n) is 17.1. The van der Waals surface area contributed by atoms with E-state index in [-0.39, 0.29) is 18.6 Å². The summed E-state index contributed by atoms with van der Waals surface area (Å²) in [5.41, 5.74) is 4.29. The van der Waals surface area contributed by atoms with Crippen LogP contribution < -0.4 is 19.6 Å². The van der Waals surface area contributed by atoms with Gasteiger partial charge in [-0.05, 0) is 55.3 Å². The molecule has 2 heterocycles. The van der Waals surface area contributed by atoms with Crippen molar-refractivity contribution in [3.63, 3.8) is 0 Å². The van der Waals surface area contributed by atoms with E-state index in [0.717, 1.165) is 16.8 Å². The van der Waals surface area contributed by atoms with Crippen LogP contribution in [0.4, 0.5) is 10.7 Å². The van der Waals surface area contributed by atoms with Crippen LogP contribution in [0.1, 0.15) is 29.8 Å². The molecule has 0 saturated heterocycles. The third-order valence-electron chi connectivity index (χ3n) is 4.79. The number of thiazole rings is 1. The molecular weight excluding hydrogens is 402 g/mol. The Morgan fingerprint density at radius 1 is 1.03 bits per heavy atom. The smallest absolute Gasteiger partial charge is 0.231 e. The number of hydrogen-bond donors (Lipinski definition) is 1. The molecule has 7 nitrogen and oxygen atoms in total. The average molecular weight is 423 g/mol. The van der Waals surface area contributed by atoms with Crippen LogP contribution in [-0.4, -0.2) is 23.2 Å². The van der Waals surface area contributed by atoms with Crippen LogP contribution in [-0.2, 0) is 4.79 Å². The molecule has 0 bridgehead atoms. The van der Waals surface area contributed by atoms with E-state index in [4.69, 9.17) is 14.5 Å². The van der Waals surface area contributed by atoms with Gasteiger partial charge in [0, 0.05) is 19.4 Å². The topological polar surface area (TPSA) is 81.9 Å². The van der Waals surface area contributed by atoms with Gasteiger partial charge in [0.25, 0.3) is 0 Å². The van der Waals surface area contributed by atoms with Gasteiger partial charge in [0.1, 0.15) is 5.00 Å². The molecule has 0 aliphatic carbocycles. The first kappa shape index (κ1) is 19.9. The monoisotopic (exact) mass is 423 g/mol. The Hall–Kier alpha value is -3.39. The maximum atomic E-state index is 12.6. The lowest BCUT2D eigenvalue weighted by Crippen LogP contribution is -2.21. The van der Waals surface area contributed by atoms with E-state index in [9.17, 15) is 9.59 Å². The van der Waals surface area contributed by atoms with Crippen LogP contribution in [0.5, 0.6) is 11.5 Å². The Morgan fingerprint density at radius 2 is 1.80 bits per heavy atom. The summed E-state index contributed by atoms with van der Waals surface area (Å²) in [7, 11) is 0. The Morgan fingerprint density at radius 3 is 2.50 bits per heavy atom. The molecule has 154 valence electrons. The van der Waals surface area contributed by atoms with Crippen LogP contribution in [0.3, 0.4) is 0 Å². The van der Waals surface area contributed by atoms with Gasteiger partial charge >= 0.3 is 0 Å². The number of carbonyl (C=O) groups is 2. The first-order chi connectivity index (χ1) is 14.3. The van der Waals surface area contributed by atoms with Gasteiger partial charge in [-0.2, -0.15) is 0 Å². The zero-order valence-corrected chi connectivity index (χ0v) is 17.9. The lowest BCUT2D eigenvalue weighted by Gasteiger charge is -2.09. The molecule has 1 amide bonds. The molecule has 0 saturated carbocycles. The molecule has 1 aromatic heterocycles. The van der Waals surface area contributed by atoms with Crippen molar-refractivity contribution in [2.24, 2.45) is 4.99 Å². The number of hydrogen-bond acceptors (Lipinski definition) is 6. The van der Waals surface area contributed by atoms with Gasteiger partial charge in [-0.15, -0.1) is 0 Å². The summed E-state index contributed by atoms with van der Waals surface area (Å²) in [5, 5.41) is 3.38. The van der Waals surface area contributed by atoms with Gasteiger partial charge in [-0.25, -0.2) is 4.99 Å². The number of carbonyl (C=O) groups excluding carboxylic acids is 2. The number of benzene rings is 2. The van der Waals surface area contributed by atoms with E-state index in [1.165, 1.54) is 35.3 Å². The fraction of sp³-hybridized carbons (Fsp3) is 0.227. The van der Waals surface area contributed by atoms with Gasteiger partial charge < -0.3 is 14.8 Å². The highest BCUT2D eigenvalue weighted by molar-refractivity contribution is 7.14. The molecule has 2 aromatic carbocycles. The maximum Gasteiger partial charge on any atom is 0.231 e. The van der Waals surface area contributed by atoms with Crippen molar-refractivity contribution < 1.29 is 19.1 Å². The summed E-state index contributed by atoms with van der Waals surface area (Å²) in [6.07, 6.45) is 0. The number of ether oxygens (including phenoxy) is 2. The molecule has 1 aliphatic rings. The van der Waals surface area contributed by atoms with E-state index >= 15 is 0 Å². The van der Waals surface area contributed by atoms with Crippen LogP contribution in [0.2, 0.25) is 0 Å². The van der Waals surface area contributed by atoms with Crippen molar-refractivity contribution in [1.82, 2.24) is 4.57 Å². The molecule has 0 fully saturated rings. The summed E-state index contributed by atoms with van der Waals surface area (Å²) in [5.74, 6) is 0.796. The number of nitrogens with zero attached hydrogens (tertiary/aromatic N) is 2. The summed E-state index contributed by atoms with van der Waals surface area (Å²) in [6.45, 7) is 7.11. The molecule has 0 atom stereocenters. The van der Waals surface area contributed by atoms with Crippen LogP contribution in [0.15, 0.2) is 41.4 Å². The normalized spacial score (nSPS) is 12.9. The molecule has 0 radical (unpaired) electrons. The Bertz CT molecular complexity index is 1240. The fourth-order valence-corrected chi connectivity index (χ4v) is 4.35. The van der Waals surface area contributed by atoms with Crippen molar-refractivity contribution >= 4 is 33.8 Å². The minimum atomic E-state index is -0.230. The second kappa shape index (κ2) is 7.79. The predicted octanol–water partition coefficient (Wildman–Crippen LogP) is 4.41.